The van der Waals surface area contributed by atoms with Gasteiger partial charge in [0.05, 0.1) is 12.3 Å². The molecule has 3 N–H and O–H groups in total. The molecular formula is C10H15N3O3. The highest BCUT2D eigenvalue weighted by Gasteiger charge is 2.11. The van der Waals surface area contributed by atoms with E-state index in [1.54, 1.807) is 13.1 Å². The second-order valence-corrected chi connectivity index (χ2v) is 3.33. The highest BCUT2D eigenvalue weighted by Crippen LogP contribution is 1.98. The van der Waals surface area contributed by atoms with E-state index in [4.69, 9.17) is 10.5 Å². The molecule has 0 radical (unpaired) electrons. The number of ether oxygens (including phenoxy) is 1. The predicted molar refractivity (Wildman–Crippen MR) is 57.7 cm³/mol. The van der Waals surface area contributed by atoms with Crippen molar-refractivity contribution < 1.29 is 14.3 Å². The van der Waals surface area contributed by atoms with Crippen LogP contribution in [0.2, 0.25) is 0 Å². The largest absolute Gasteiger partial charge is 0.471 e. The van der Waals surface area contributed by atoms with E-state index in [1.165, 1.54) is 23.5 Å². The summed E-state index contributed by atoms with van der Waals surface area (Å²) in [6, 6.07) is -0.405. The molecule has 1 aliphatic heterocycles. The van der Waals surface area contributed by atoms with Crippen molar-refractivity contribution in [3.05, 3.63) is 24.8 Å². The van der Waals surface area contributed by atoms with Gasteiger partial charge in [0.1, 0.15) is 6.26 Å². The Kier molecular flexibility index (Phi) is 4.53. The molecule has 0 aromatic carbocycles. The highest BCUT2D eigenvalue weighted by atomic mass is 16.5. The molecule has 0 saturated heterocycles. The number of hydrogen-bond donors (Lipinski definition) is 2. The van der Waals surface area contributed by atoms with Crippen LogP contribution in [0.5, 0.6) is 0 Å². The molecule has 0 bridgehead atoms. The van der Waals surface area contributed by atoms with E-state index in [1.807, 2.05) is 0 Å². The smallest absolute Gasteiger partial charge is 0.253 e. The fourth-order valence-corrected chi connectivity index (χ4v) is 1.11. The van der Waals surface area contributed by atoms with E-state index in [2.05, 4.69) is 5.32 Å². The quantitative estimate of drug-likeness (QED) is 0.647. The monoisotopic (exact) mass is 225 g/mol. The van der Waals surface area contributed by atoms with Gasteiger partial charge in [0.2, 0.25) is 5.91 Å². The number of hydrogen-bond acceptors (Lipinski definition) is 4. The first kappa shape index (κ1) is 12.3. The van der Waals surface area contributed by atoms with Crippen LogP contribution in [0.25, 0.3) is 0 Å². The molecule has 0 aromatic heterocycles. The summed E-state index contributed by atoms with van der Waals surface area (Å²) >= 11 is 0. The summed E-state index contributed by atoms with van der Waals surface area (Å²) in [7, 11) is 0. The van der Waals surface area contributed by atoms with Gasteiger partial charge in [0.25, 0.3) is 5.91 Å². The topological polar surface area (TPSA) is 84.7 Å². The Morgan fingerprint density at radius 3 is 3.06 bits per heavy atom. The molecule has 6 heteroatoms. The van der Waals surface area contributed by atoms with Crippen molar-refractivity contribution in [1.82, 2.24) is 10.2 Å². The Balaban J connectivity index is 2.34. The Morgan fingerprint density at radius 1 is 1.62 bits per heavy atom. The predicted octanol–water partition coefficient (Wildman–Crippen LogP) is -0.706. The Hall–Kier alpha value is -1.82. The molecule has 1 aliphatic rings. The van der Waals surface area contributed by atoms with Crippen LogP contribution in [-0.2, 0) is 14.3 Å². The average Bonchev–Trinajstić information content (AvgIpc) is 2.44. The SMILES string of the molecule is C[C@H](NCCN1C=COC=CC1=O)C(N)=O. The average molecular weight is 225 g/mol. The summed E-state index contributed by atoms with van der Waals surface area (Å²) in [4.78, 5) is 23.6. The fourth-order valence-electron chi connectivity index (χ4n) is 1.11. The van der Waals surface area contributed by atoms with Gasteiger partial charge in [0, 0.05) is 25.4 Å². The molecule has 88 valence electrons. The van der Waals surface area contributed by atoms with Gasteiger partial charge in [-0.3, -0.25) is 9.59 Å². The van der Waals surface area contributed by atoms with Gasteiger partial charge in [-0.05, 0) is 6.92 Å². The number of nitrogens with zero attached hydrogens (tertiary/aromatic N) is 1. The molecule has 2 amide bonds. The summed E-state index contributed by atoms with van der Waals surface area (Å²) in [6.07, 6.45) is 5.60. The van der Waals surface area contributed by atoms with Crippen LogP contribution in [0.15, 0.2) is 24.8 Å². The van der Waals surface area contributed by atoms with Gasteiger partial charge in [0.15, 0.2) is 0 Å². The van der Waals surface area contributed by atoms with Crippen LogP contribution < -0.4 is 11.1 Å². The lowest BCUT2D eigenvalue weighted by Crippen LogP contribution is -2.42. The van der Waals surface area contributed by atoms with Crippen molar-refractivity contribution in [3.8, 4) is 0 Å². The maximum absolute atomic E-state index is 11.4. The molecule has 1 atom stereocenters. The third-order valence-corrected chi connectivity index (χ3v) is 2.12. The number of nitrogens with two attached hydrogens (primary N) is 1. The molecule has 0 fully saturated rings. The van der Waals surface area contributed by atoms with Gasteiger partial charge in [-0.1, -0.05) is 0 Å². The summed E-state index contributed by atoms with van der Waals surface area (Å²) in [5.41, 5.74) is 5.08. The number of carbonyl (C=O) groups is 2. The Morgan fingerprint density at radius 2 is 2.38 bits per heavy atom. The zero-order chi connectivity index (χ0) is 12.0. The first-order valence-corrected chi connectivity index (χ1v) is 4.93. The van der Waals surface area contributed by atoms with Crippen molar-refractivity contribution in [2.75, 3.05) is 13.1 Å². The van der Waals surface area contributed by atoms with Gasteiger partial charge < -0.3 is 20.7 Å². The summed E-state index contributed by atoms with van der Waals surface area (Å²) in [5.74, 6) is -0.580. The lowest BCUT2D eigenvalue weighted by molar-refractivity contribution is -0.123. The normalized spacial score (nSPS) is 16.8. The van der Waals surface area contributed by atoms with Crippen molar-refractivity contribution in [2.45, 2.75) is 13.0 Å². The van der Waals surface area contributed by atoms with Gasteiger partial charge in [-0.2, -0.15) is 0 Å². The number of rotatable bonds is 5. The second kappa shape index (κ2) is 5.92. The lowest BCUT2D eigenvalue weighted by Gasteiger charge is -2.16. The molecule has 0 unspecified atom stereocenters. The molecule has 6 nitrogen and oxygen atoms in total. The van der Waals surface area contributed by atoms with Crippen molar-refractivity contribution >= 4 is 11.8 Å². The number of nitrogens with one attached hydrogen (secondary N) is 1. The van der Waals surface area contributed by atoms with E-state index in [0.29, 0.717) is 13.1 Å². The van der Waals surface area contributed by atoms with Crippen LogP contribution in [0.4, 0.5) is 0 Å². The molecule has 0 spiro atoms. The fraction of sp³-hybridized carbons (Fsp3) is 0.400. The minimum atomic E-state index is -0.416. The van der Waals surface area contributed by atoms with E-state index in [9.17, 15) is 9.59 Å². The van der Waals surface area contributed by atoms with E-state index < -0.39 is 11.9 Å². The molecular weight excluding hydrogens is 210 g/mol. The zero-order valence-electron chi connectivity index (χ0n) is 9.05. The molecule has 0 aliphatic carbocycles. The van der Waals surface area contributed by atoms with Gasteiger partial charge in [-0.25, -0.2) is 0 Å². The second-order valence-electron chi connectivity index (χ2n) is 3.33. The Labute approximate surface area is 93.7 Å². The summed E-state index contributed by atoms with van der Waals surface area (Å²) < 4.78 is 4.84. The van der Waals surface area contributed by atoms with Crippen molar-refractivity contribution in [2.24, 2.45) is 5.73 Å². The van der Waals surface area contributed by atoms with Crippen LogP contribution in [0.3, 0.4) is 0 Å². The molecule has 1 heterocycles. The minimum Gasteiger partial charge on any atom is -0.471 e. The summed E-state index contributed by atoms with van der Waals surface area (Å²) in [6.45, 7) is 2.60. The molecule has 1 rings (SSSR count). The Bertz CT molecular complexity index is 325. The maximum atomic E-state index is 11.4. The van der Waals surface area contributed by atoms with Crippen LogP contribution in [-0.4, -0.2) is 35.8 Å². The van der Waals surface area contributed by atoms with Crippen molar-refractivity contribution in [3.63, 3.8) is 0 Å². The third kappa shape index (κ3) is 3.74. The first-order valence-electron chi connectivity index (χ1n) is 4.93. The van der Waals surface area contributed by atoms with Crippen LogP contribution >= 0.6 is 0 Å². The number of amides is 2. The first-order chi connectivity index (χ1) is 7.61. The zero-order valence-corrected chi connectivity index (χ0v) is 9.05. The molecule has 0 saturated carbocycles. The van der Waals surface area contributed by atoms with Crippen LogP contribution in [0.1, 0.15) is 6.92 Å². The van der Waals surface area contributed by atoms with Gasteiger partial charge in [-0.15, -0.1) is 0 Å². The highest BCUT2D eigenvalue weighted by molar-refractivity contribution is 5.88. The minimum absolute atomic E-state index is 0.165. The number of carbonyl (C=O) groups excluding carboxylic acids is 2. The van der Waals surface area contributed by atoms with Gasteiger partial charge >= 0.3 is 0 Å². The standard InChI is InChI=1S/C10H15N3O3/c1-8(10(11)15)12-3-4-13-5-7-16-6-2-9(13)14/h2,5-8,12H,3-4H2,1H3,(H2,11,15)/t8-/m0/s1. The van der Waals surface area contributed by atoms with Crippen molar-refractivity contribution in [1.29, 1.82) is 0 Å². The van der Waals surface area contributed by atoms with Crippen LogP contribution in [0, 0.1) is 0 Å². The van der Waals surface area contributed by atoms with E-state index in [0.717, 1.165) is 0 Å². The molecule has 16 heavy (non-hydrogen) atoms. The lowest BCUT2D eigenvalue weighted by atomic mass is 10.3. The van der Waals surface area contributed by atoms with E-state index >= 15 is 0 Å². The van der Waals surface area contributed by atoms with E-state index in [-0.39, 0.29) is 5.91 Å². The number of primary amides is 1. The molecule has 0 aromatic rings. The third-order valence-electron chi connectivity index (χ3n) is 2.12. The maximum Gasteiger partial charge on any atom is 0.253 e. The summed E-state index contributed by atoms with van der Waals surface area (Å²) in [5, 5.41) is 2.90.